The molecule has 0 unspecified atom stereocenters. The zero-order valence-corrected chi connectivity index (χ0v) is 8.42. The Morgan fingerprint density at radius 1 is 1.54 bits per heavy atom. The van der Waals surface area contributed by atoms with E-state index >= 15 is 0 Å². The molecule has 0 aromatic heterocycles. The van der Waals surface area contributed by atoms with Gasteiger partial charge in [0.05, 0.1) is 0 Å². The molecule has 2 rings (SSSR count). The van der Waals surface area contributed by atoms with Crippen LogP contribution >= 0.6 is 0 Å². The van der Waals surface area contributed by atoms with Gasteiger partial charge in [0.15, 0.2) is 0 Å². The second-order valence-corrected chi connectivity index (χ2v) is 5.48. The molecule has 0 aliphatic heterocycles. The maximum atomic E-state index is 11.0. The van der Waals surface area contributed by atoms with E-state index < -0.39 is 5.97 Å². The van der Waals surface area contributed by atoms with Crippen LogP contribution in [0.15, 0.2) is 11.6 Å². The summed E-state index contributed by atoms with van der Waals surface area (Å²) < 4.78 is 0. The first-order valence-electron chi connectivity index (χ1n) is 4.80. The molecule has 13 heavy (non-hydrogen) atoms. The van der Waals surface area contributed by atoms with Crippen molar-refractivity contribution in [3.05, 3.63) is 11.6 Å². The van der Waals surface area contributed by atoms with Crippen molar-refractivity contribution in [2.75, 3.05) is 0 Å². The predicted molar refractivity (Wildman–Crippen MR) is 50.3 cm³/mol. The smallest absolute Gasteiger partial charge is 0.331 e. The van der Waals surface area contributed by atoms with E-state index in [2.05, 4.69) is 20.8 Å². The Bertz CT molecular complexity index is 301. The lowest BCUT2D eigenvalue weighted by atomic mass is 9.73. The van der Waals surface area contributed by atoms with E-state index in [4.69, 9.17) is 5.11 Å². The maximum absolute atomic E-state index is 11.0. The first-order valence-corrected chi connectivity index (χ1v) is 4.80. The van der Waals surface area contributed by atoms with Crippen LogP contribution in [0.1, 0.15) is 33.6 Å². The number of hydrogen-bond donors (Lipinski definition) is 1. The fourth-order valence-corrected chi connectivity index (χ4v) is 3.31. The van der Waals surface area contributed by atoms with E-state index in [1.165, 1.54) is 0 Å². The third kappa shape index (κ3) is 1.11. The highest BCUT2D eigenvalue weighted by Gasteiger charge is 2.53. The van der Waals surface area contributed by atoms with E-state index in [0.717, 1.165) is 12.8 Å². The molecule has 1 N–H and O–H groups in total. The average molecular weight is 180 g/mol. The van der Waals surface area contributed by atoms with Crippen LogP contribution in [0, 0.1) is 16.7 Å². The van der Waals surface area contributed by atoms with Gasteiger partial charge < -0.3 is 5.11 Å². The largest absolute Gasteiger partial charge is 0.478 e. The Morgan fingerprint density at radius 2 is 2.15 bits per heavy atom. The molecule has 0 radical (unpaired) electrons. The van der Waals surface area contributed by atoms with Gasteiger partial charge in [0, 0.05) is 5.57 Å². The van der Waals surface area contributed by atoms with Crippen LogP contribution in [0.5, 0.6) is 0 Å². The quantitative estimate of drug-likeness (QED) is 0.673. The van der Waals surface area contributed by atoms with E-state index in [9.17, 15) is 4.79 Å². The molecular formula is C11H16O2. The minimum Gasteiger partial charge on any atom is -0.478 e. The van der Waals surface area contributed by atoms with Crippen molar-refractivity contribution in [3.8, 4) is 0 Å². The summed E-state index contributed by atoms with van der Waals surface area (Å²) in [5.41, 5.74) is 0.984. The molecule has 2 aliphatic rings. The summed E-state index contributed by atoms with van der Waals surface area (Å²) >= 11 is 0. The molecule has 1 fully saturated rings. The summed E-state index contributed by atoms with van der Waals surface area (Å²) in [5.74, 6) is -0.448. The first-order chi connectivity index (χ1) is 5.84. The third-order valence-electron chi connectivity index (χ3n) is 3.60. The zero-order chi connectivity index (χ0) is 9.85. The molecule has 2 aliphatic carbocycles. The van der Waals surface area contributed by atoms with Gasteiger partial charge in [-0.3, -0.25) is 0 Å². The van der Waals surface area contributed by atoms with Crippen LogP contribution < -0.4 is 0 Å². The number of aliphatic carboxylic acids is 1. The summed E-state index contributed by atoms with van der Waals surface area (Å²) in [6, 6.07) is 0. The van der Waals surface area contributed by atoms with Gasteiger partial charge in [0.2, 0.25) is 0 Å². The Kier molecular flexibility index (Phi) is 1.47. The molecule has 0 aromatic rings. The standard InChI is InChI=1S/C11H16O2/c1-10(2)6-11(3)4-7(9(12)13)8(10)5-11/h4,8H,5-6H2,1-3H3,(H,12,13)/t8-,11-/m0/s1. The minimum atomic E-state index is -0.721. The van der Waals surface area contributed by atoms with Gasteiger partial charge in [-0.25, -0.2) is 4.79 Å². The Morgan fingerprint density at radius 3 is 2.46 bits per heavy atom. The van der Waals surface area contributed by atoms with E-state index in [1.807, 2.05) is 6.08 Å². The molecule has 2 bridgehead atoms. The van der Waals surface area contributed by atoms with Crippen LogP contribution in [-0.2, 0) is 4.79 Å². The molecule has 0 amide bonds. The summed E-state index contributed by atoms with van der Waals surface area (Å²) in [4.78, 5) is 11.0. The van der Waals surface area contributed by atoms with Gasteiger partial charge in [-0.15, -0.1) is 0 Å². The number of carbonyl (C=O) groups is 1. The fourth-order valence-electron chi connectivity index (χ4n) is 3.31. The Balaban J connectivity index is 2.41. The Labute approximate surface area is 78.6 Å². The fraction of sp³-hybridized carbons (Fsp3) is 0.727. The van der Waals surface area contributed by atoms with Gasteiger partial charge >= 0.3 is 5.97 Å². The van der Waals surface area contributed by atoms with Crippen molar-refractivity contribution in [1.82, 2.24) is 0 Å². The second-order valence-electron chi connectivity index (χ2n) is 5.48. The van der Waals surface area contributed by atoms with Crippen molar-refractivity contribution in [3.63, 3.8) is 0 Å². The molecular weight excluding hydrogens is 164 g/mol. The lowest BCUT2D eigenvalue weighted by Crippen LogP contribution is -2.25. The number of carboxylic acids is 1. The number of hydrogen-bond acceptors (Lipinski definition) is 1. The summed E-state index contributed by atoms with van der Waals surface area (Å²) in [6.45, 7) is 6.53. The molecule has 0 heterocycles. The number of allylic oxidation sites excluding steroid dienone is 1. The zero-order valence-electron chi connectivity index (χ0n) is 8.42. The molecule has 0 saturated heterocycles. The van der Waals surface area contributed by atoms with Gasteiger partial charge in [-0.1, -0.05) is 26.8 Å². The van der Waals surface area contributed by atoms with Crippen LogP contribution in [0.4, 0.5) is 0 Å². The topological polar surface area (TPSA) is 37.3 Å². The monoisotopic (exact) mass is 180 g/mol. The van der Waals surface area contributed by atoms with E-state index in [0.29, 0.717) is 5.57 Å². The highest BCUT2D eigenvalue weighted by atomic mass is 16.4. The number of rotatable bonds is 1. The second kappa shape index (κ2) is 2.17. The number of carboxylic acid groups (broad SMARTS) is 1. The summed E-state index contributed by atoms with van der Waals surface area (Å²) in [6.07, 6.45) is 4.13. The van der Waals surface area contributed by atoms with Crippen molar-refractivity contribution in [1.29, 1.82) is 0 Å². The normalized spacial score (nSPS) is 40.5. The van der Waals surface area contributed by atoms with Crippen LogP contribution in [0.25, 0.3) is 0 Å². The van der Waals surface area contributed by atoms with Crippen LogP contribution in [0.2, 0.25) is 0 Å². The SMILES string of the molecule is CC1(C)C[C@@]2(C)C=C(C(=O)O)[C@@H]1C2. The predicted octanol–water partition coefficient (Wildman–Crippen LogP) is 2.45. The van der Waals surface area contributed by atoms with Crippen molar-refractivity contribution in [2.24, 2.45) is 16.7 Å². The molecule has 2 nitrogen and oxygen atoms in total. The van der Waals surface area contributed by atoms with Crippen LogP contribution in [-0.4, -0.2) is 11.1 Å². The molecule has 0 aromatic carbocycles. The molecule has 1 saturated carbocycles. The lowest BCUT2D eigenvalue weighted by Gasteiger charge is -2.31. The van der Waals surface area contributed by atoms with Crippen LogP contribution in [0.3, 0.4) is 0 Å². The molecule has 2 atom stereocenters. The first kappa shape index (κ1) is 8.79. The van der Waals surface area contributed by atoms with E-state index in [-0.39, 0.29) is 16.7 Å². The van der Waals surface area contributed by atoms with Gasteiger partial charge in [0.25, 0.3) is 0 Å². The highest BCUT2D eigenvalue weighted by molar-refractivity contribution is 5.88. The number of fused-ring (bicyclic) bond motifs is 2. The van der Waals surface area contributed by atoms with Crippen molar-refractivity contribution in [2.45, 2.75) is 33.6 Å². The summed E-state index contributed by atoms with van der Waals surface area (Å²) in [7, 11) is 0. The average Bonchev–Trinajstić information content (AvgIpc) is 2.35. The highest BCUT2D eigenvalue weighted by Crippen LogP contribution is 2.61. The van der Waals surface area contributed by atoms with E-state index in [1.54, 1.807) is 0 Å². The van der Waals surface area contributed by atoms with Crippen molar-refractivity contribution < 1.29 is 9.90 Å². The Hall–Kier alpha value is -0.790. The van der Waals surface area contributed by atoms with Gasteiger partial charge in [0.1, 0.15) is 0 Å². The minimum absolute atomic E-state index is 0.155. The molecule has 72 valence electrons. The molecule has 0 spiro atoms. The van der Waals surface area contributed by atoms with Gasteiger partial charge in [-0.05, 0) is 29.6 Å². The van der Waals surface area contributed by atoms with Gasteiger partial charge in [-0.2, -0.15) is 0 Å². The summed E-state index contributed by atoms with van der Waals surface area (Å²) in [5, 5.41) is 9.01. The van der Waals surface area contributed by atoms with Crippen molar-refractivity contribution >= 4 is 5.97 Å². The lowest BCUT2D eigenvalue weighted by molar-refractivity contribution is -0.133. The third-order valence-corrected chi connectivity index (χ3v) is 3.60. The maximum Gasteiger partial charge on any atom is 0.331 e. The molecule has 2 heteroatoms.